The first-order valence-electron chi connectivity index (χ1n) is 5.64. The molecule has 4 N–H and O–H groups in total. The topological polar surface area (TPSA) is 106 Å². The van der Waals surface area contributed by atoms with Crippen LogP contribution < -0.4 is 15.8 Å². The highest BCUT2D eigenvalue weighted by Gasteiger charge is 2.38. The van der Waals surface area contributed by atoms with E-state index < -0.39 is 27.0 Å². The number of sulfonamides is 1. The second-order valence-corrected chi connectivity index (χ2v) is 6.21. The van der Waals surface area contributed by atoms with Crippen LogP contribution >= 0.6 is 0 Å². The molecule has 6 nitrogen and oxygen atoms in total. The molecule has 1 unspecified atom stereocenters. The van der Waals surface area contributed by atoms with E-state index in [1.165, 1.54) is 23.1 Å². The van der Waals surface area contributed by atoms with Crippen LogP contribution in [0.2, 0.25) is 0 Å². The van der Waals surface area contributed by atoms with Gasteiger partial charge >= 0.3 is 0 Å². The number of anilines is 1. The first-order valence-corrected chi connectivity index (χ1v) is 7.25. The van der Waals surface area contributed by atoms with Gasteiger partial charge in [-0.3, -0.25) is 4.79 Å². The summed E-state index contributed by atoms with van der Waals surface area (Å²) in [5.74, 6) is -0.925. The summed E-state index contributed by atoms with van der Waals surface area (Å²) < 4.78 is 36.2. The van der Waals surface area contributed by atoms with Gasteiger partial charge in [0.25, 0.3) is 0 Å². The Morgan fingerprint density at radius 2 is 2.11 bits per heavy atom. The Bertz CT molecular complexity index is 618. The SMILES string of the molecule is NCc1c(F)cccc1N1CC(S(N)(=O)=O)CC1=O. The van der Waals surface area contributed by atoms with Gasteiger partial charge in [-0.15, -0.1) is 0 Å². The van der Waals surface area contributed by atoms with E-state index >= 15 is 0 Å². The van der Waals surface area contributed by atoms with Crippen LogP contribution in [0, 0.1) is 5.82 Å². The van der Waals surface area contributed by atoms with Gasteiger partial charge in [-0.1, -0.05) is 6.07 Å². The maximum Gasteiger partial charge on any atom is 0.228 e. The summed E-state index contributed by atoms with van der Waals surface area (Å²) in [6.45, 7) is -0.153. The van der Waals surface area contributed by atoms with E-state index in [-0.39, 0.29) is 25.1 Å². The minimum atomic E-state index is -3.79. The summed E-state index contributed by atoms with van der Waals surface area (Å²) >= 11 is 0. The minimum absolute atomic E-state index is 0.0753. The molecule has 104 valence electrons. The van der Waals surface area contributed by atoms with Gasteiger partial charge in [0, 0.05) is 25.1 Å². The molecule has 1 atom stereocenters. The van der Waals surface area contributed by atoms with Crippen LogP contribution in [0.1, 0.15) is 12.0 Å². The van der Waals surface area contributed by atoms with Crippen LogP contribution in [0.3, 0.4) is 0 Å². The molecular formula is C11H14FN3O3S. The molecule has 0 saturated carbocycles. The second kappa shape index (κ2) is 4.87. The first kappa shape index (κ1) is 13.9. The van der Waals surface area contributed by atoms with Gasteiger partial charge in [0.2, 0.25) is 15.9 Å². The molecule has 1 amide bonds. The highest BCUT2D eigenvalue weighted by atomic mass is 32.2. The van der Waals surface area contributed by atoms with Gasteiger partial charge in [0.1, 0.15) is 11.1 Å². The third-order valence-electron chi connectivity index (χ3n) is 3.14. The number of nitrogens with zero attached hydrogens (tertiary/aromatic N) is 1. The maximum absolute atomic E-state index is 13.6. The Balaban J connectivity index is 2.39. The third kappa shape index (κ3) is 2.60. The van der Waals surface area contributed by atoms with Crippen LogP contribution in [0.5, 0.6) is 0 Å². The van der Waals surface area contributed by atoms with Crippen molar-refractivity contribution in [3.63, 3.8) is 0 Å². The summed E-state index contributed by atoms with van der Waals surface area (Å²) in [6, 6.07) is 4.22. The van der Waals surface area contributed by atoms with Crippen molar-refractivity contribution < 1.29 is 17.6 Å². The zero-order chi connectivity index (χ0) is 14.2. The van der Waals surface area contributed by atoms with Crippen molar-refractivity contribution >= 4 is 21.6 Å². The van der Waals surface area contributed by atoms with Crippen molar-refractivity contribution in [1.82, 2.24) is 0 Å². The molecule has 2 rings (SSSR count). The monoisotopic (exact) mass is 287 g/mol. The molecule has 1 aromatic carbocycles. The number of primary sulfonamides is 1. The van der Waals surface area contributed by atoms with Crippen molar-refractivity contribution in [2.24, 2.45) is 10.9 Å². The fourth-order valence-corrected chi connectivity index (χ4v) is 2.86. The summed E-state index contributed by atoms with van der Waals surface area (Å²) in [4.78, 5) is 13.1. The highest BCUT2D eigenvalue weighted by molar-refractivity contribution is 7.89. The Kier molecular flexibility index (Phi) is 3.57. The Labute approximate surface area is 110 Å². The van der Waals surface area contributed by atoms with Crippen molar-refractivity contribution in [2.75, 3.05) is 11.4 Å². The normalized spacial score (nSPS) is 20.1. The Morgan fingerprint density at radius 3 is 2.63 bits per heavy atom. The zero-order valence-electron chi connectivity index (χ0n) is 10.0. The molecule has 19 heavy (non-hydrogen) atoms. The van der Waals surface area contributed by atoms with Crippen molar-refractivity contribution in [1.29, 1.82) is 0 Å². The molecule has 8 heteroatoms. The van der Waals surface area contributed by atoms with E-state index in [4.69, 9.17) is 10.9 Å². The van der Waals surface area contributed by atoms with Gasteiger partial charge in [0.15, 0.2) is 0 Å². The molecule has 1 aliphatic heterocycles. The summed E-state index contributed by atoms with van der Waals surface area (Å²) in [7, 11) is -3.79. The molecule has 0 aromatic heterocycles. The number of halogens is 1. The van der Waals surface area contributed by atoms with E-state index in [9.17, 15) is 17.6 Å². The Morgan fingerprint density at radius 1 is 1.42 bits per heavy atom. The fraction of sp³-hybridized carbons (Fsp3) is 0.364. The molecule has 1 aromatic rings. The number of carbonyl (C=O) groups is 1. The first-order chi connectivity index (χ1) is 8.84. The Hall–Kier alpha value is -1.51. The minimum Gasteiger partial charge on any atom is -0.326 e. The zero-order valence-corrected chi connectivity index (χ0v) is 10.9. The van der Waals surface area contributed by atoms with E-state index in [0.717, 1.165) is 0 Å². The van der Waals surface area contributed by atoms with Crippen molar-refractivity contribution in [3.05, 3.63) is 29.6 Å². The van der Waals surface area contributed by atoms with Gasteiger partial charge in [-0.2, -0.15) is 0 Å². The molecule has 1 heterocycles. The molecule has 1 fully saturated rings. The van der Waals surface area contributed by atoms with E-state index in [0.29, 0.717) is 5.69 Å². The number of nitrogens with two attached hydrogens (primary N) is 2. The highest BCUT2D eigenvalue weighted by Crippen LogP contribution is 2.28. The molecule has 0 spiro atoms. The number of rotatable bonds is 3. The fourth-order valence-electron chi connectivity index (χ4n) is 2.13. The number of benzene rings is 1. The number of hydrogen-bond donors (Lipinski definition) is 2. The number of hydrogen-bond acceptors (Lipinski definition) is 4. The molecular weight excluding hydrogens is 273 g/mol. The lowest BCUT2D eigenvalue weighted by atomic mass is 10.1. The molecule has 0 bridgehead atoms. The smallest absolute Gasteiger partial charge is 0.228 e. The van der Waals surface area contributed by atoms with E-state index in [1.807, 2.05) is 0 Å². The summed E-state index contributed by atoms with van der Waals surface area (Å²) in [5, 5.41) is 4.07. The van der Waals surface area contributed by atoms with E-state index in [2.05, 4.69) is 0 Å². The molecule has 0 aliphatic carbocycles. The van der Waals surface area contributed by atoms with Crippen molar-refractivity contribution in [3.8, 4) is 0 Å². The average molecular weight is 287 g/mol. The lowest BCUT2D eigenvalue weighted by molar-refractivity contribution is -0.117. The van der Waals surface area contributed by atoms with Gasteiger partial charge in [0.05, 0.1) is 5.69 Å². The average Bonchev–Trinajstić information content (AvgIpc) is 2.70. The van der Waals surface area contributed by atoms with Gasteiger partial charge in [-0.25, -0.2) is 17.9 Å². The molecule has 1 aliphatic rings. The standard InChI is InChI=1S/C11H14FN3O3S/c12-9-2-1-3-10(8(9)5-13)15-6-7(4-11(15)16)19(14,17)18/h1-3,7H,4-6,13H2,(H2,14,17,18). The summed E-state index contributed by atoms with van der Waals surface area (Å²) in [6.07, 6.45) is -0.195. The third-order valence-corrected chi connectivity index (χ3v) is 4.39. The number of amides is 1. The maximum atomic E-state index is 13.6. The predicted octanol–water partition coefficient (Wildman–Crippen LogP) is -0.322. The van der Waals surface area contributed by atoms with Crippen molar-refractivity contribution in [2.45, 2.75) is 18.2 Å². The largest absolute Gasteiger partial charge is 0.326 e. The van der Waals surface area contributed by atoms with E-state index in [1.54, 1.807) is 0 Å². The predicted molar refractivity (Wildman–Crippen MR) is 68.2 cm³/mol. The van der Waals surface area contributed by atoms with Crippen LogP contribution in [-0.2, 0) is 21.4 Å². The van der Waals surface area contributed by atoms with Gasteiger partial charge in [-0.05, 0) is 12.1 Å². The quantitative estimate of drug-likeness (QED) is 0.794. The van der Waals surface area contributed by atoms with Crippen LogP contribution in [0.25, 0.3) is 0 Å². The lowest BCUT2D eigenvalue weighted by Crippen LogP contribution is -2.32. The summed E-state index contributed by atoms with van der Waals surface area (Å²) in [5.41, 5.74) is 5.95. The second-order valence-electron chi connectivity index (χ2n) is 4.36. The van der Waals surface area contributed by atoms with Crippen LogP contribution in [0.15, 0.2) is 18.2 Å². The van der Waals surface area contributed by atoms with Crippen LogP contribution in [0.4, 0.5) is 10.1 Å². The molecule has 0 radical (unpaired) electrons. The molecule has 1 saturated heterocycles. The van der Waals surface area contributed by atoms with Crippen LogP contribution in [-0.4, -0.2) is 26.1 Å². The van der Waals surface area contributed by atoms with Gasteiger partial charge < -0.3 is 10.6 Å². The lowest BCUT2D eigenvalue weighted by Gasteiger charge is -2.20. The number of carbonyl (C=O) groups excluding carboxylic acids is 1.